The van der Waals surface area contributed by atoms with Crippen LogP contribution in [0.1, 0.15) is 30.6 Å². The minimum absolute atomic E-state index is 0.105. The van der Waals surface area contributed by atoms with Crippen molar-refractivity contribution in [2.24, 2.45) is 0 Å². The number of nitrogens with zero attached hydrogens (tertiary/aromatic N) is 3. The zero-order valence-electron chi connectivity index (χ0n) is 8.32. The molecule has 0 aliphatic rings. The van der Waals surface area contributed by atoms with Crippen molar-refractivity contribution >= 4 is 28.8 Å². The highest BCUT2D eigenvalue weighted by Crippen LogP contribution is 2.17. The molecular weight excluding hydrogens is 222 g/mol. The van der Waals surface area contributed by atoms with Crippen molar-refractivity contribution in [2.75, 3.05) is 6.54 Å². The van der Waals surface area contributed by atoms with Crippen molar-refractivity contribution in [1.82, 2.24) is 15.1 Å². The van der Waals surface area contributed by atoms with Gasteiger partial charge in [-0.3, -0.25) is 4.79 Å². The second kappa shape index (κ2) is 4.70. The van der Waals surface area contributed by atoms with Crippen LogP contribution in [0.2, 0.25) is 4.47 Å². The summed E-state index contributed by atoms with van der Waals surface area (Å²) in [6, 6.07) is 0.162. The van der Waals surface area contributed by atoms with Gasteiger partial charge < -0.3 is 4.90 Å². The normalized spacial score (nSPS) is 10.6. The Morgan fingerprint density at radius 2 is 2.21 bits per heavy atom. The first-order chi connectivity index (χ1) is 6.56. The Kier molecular flexibility index (Phi) is 3.83. The van der Waals surface area contributed by atoms with Crippen LogP contribution in [0.3, 0.4) is 0 Å². The molecule has 0 fully saturated rings. The third kappa shape index (κ3) is 2.42. The molecule has 0 radical (unpaired) electrons. The molecule has 1 heterocycles. The Bertz CT molecular complexity index is 326. The molecule has 0 aromatic carbocycles. The molecule has 0 spiro atoms. The van der Waals surface area contributed by atoms with Gasteiger partial charge in [-0.05, 0) is 32.4 Å². The summed E-state index contributed by atoms with van der Waals surface area (Å²) in [5.74, 6) is -0.105. The van der Waals surface area contributed by atoms with Gasteiger partial charge in [0.15, 0.2) is 0 Å². The molecule has 0 atom stereocenters. The summed E-state index contributed by atoms with van der Waals surface area (Å²) < 4.78 is 0.299. The molecule has 0 bridgehead atoms. The van der Waals surface area contributed by atoms with E-state index in [-0.39, 0.29) is 11.9 Å². The van der Waals surface area contributed by atoms with Crippen LogP contribution in [0.25, 0.3) is 0 Å². The second-order valence-corrected chi connectivity index (χ2v) is 4.60. The van der Waals surface area contributed by atoms with Crippen LogP contribution < -0.4 is 0 Å². The summed E-state index contributed by atoms with van der Waals surface area (Å²) in [7, 11) is 0. The lowest BCUT2D eigenvalue weighted by Crippen LogP contribution is -2.36. The first-order valence-corrected chi connectivity index (χ1v) is 5.55. The van der Waals surface area contributed by atoms with Crippen molar-refractivity contribution in [1.29, 1.82) is 0 Å². The summed E-state index contributed by atoms with van der Waals surface area (Å²) >= 11 is 6.72. The molecule has 0 saturated carbocycles. The third-order valence-corrected chi connectivity index (χ3v) is 2.81. The van der Waals surface area contributed by atoms with Gasteiger partial charge >= 0.3 is 0 Å². The molecule has 0 unspecified atom stereocenters. The maximum absolute atomic E-state index is 11.8. The molecule has 0 aliphatic carbocycles. The number of hydrogen-bond donors (Lipinski definition) is 0. The van der Waals surface area contributed by atoms with E-state index in [9.17, 15) is 4.79 Å². The average Bonchev–Trinajstić information content (AvgIpc) is 2.52. The molecule has 4 nitrogen and oxygen atoms in total. The van der Waals surface area contributed by atoms with E-state index in [2.05, 4.69) is 10.2 Å². The molecule has 1 rings (SSSR count). The molecule has 1 aromatic heterocycles. The van der Waals surface area contributed by atoms with E-state index >= 15 is 0 Å². The largest absolute Gasteiger partial charge is 0.334 e. The van der Waals surface area contributed by atoms with Crippen LogP contribution in [-0.4, -0.2) is 33.6 Å². The van der Waals surface area contributed by atoms with Crippen LogP contribution in [0.4, 0.5) is 0 Å². The van der Waals surface area contributed by atoms with Gasteiger partial charge in [0, 0.05) is 12.6 Å². The number of halogens is 1. The van der Waals surface area contributed by atoms with Crippen LogP contribution in [0, 0.1) is 0 Å². The van der Waals surface area contributed by atoms with Gasteiger partial charge in [0.2, 0.25) is 9.47 Å². The van der Waals surface area contributed by atoms with E-state index < -0.39 is 0 Å². The molecule has 0 saturated heterocycles. The fraction of sp³-hybridized carbons (Fsp3) is 0.625. The Hall–Kier alpha value is -0.680. The number of aromatic nitrogens is 2. The molecule has 0 N–H and O–H groups in total. The van der Waals surface area contributed by atoms with Gasteiger partial charge in [0.1, 0.15) is 0 Å². The second-order valence-electron chi connectivity index (χ2n) is 3.05. The Labute approximate surface area is 91.9 Å². The highest BCUT2D eigenvalue weighted by atomic mass is 35.5. The first kappa shape index (κ1) is 11.4. The van der Waals surface area contributed by atoms with E-state index in [0.717, 1.165) is 11.3 Å². The minimum atomic E-state index is -0.105. The summed E-state index contributed by atoms with van der Waals surface area (Å²) in [6.07, 6.45) is 0. The Morgan fingerprint density at radius 1 is 1.57 bits per heavy atom. The van der Waals surface area contributed by atoms with Gasteiger partial charge in [0.05, 0.1) is 0 Å². The van der Waals surface area contributed by atoms with Crippen LogP contribution >= 0.6 is 22.9 Å². The van der Waals surface area contributed by atoms with Gasteiger partial charge in [-0.25, -0.2) is 0 Å². The number of carbonyl (C=O) groups is 1. The molecule has 1 aromatic rings. The number of carbonyl (C=O) groups excluding carboxylic acids is 1. The van der Waals surface area contributed by atoms with Crippen LogP contribution in [0.15, 0.2) is 0 Å². The average molecular weight is 234 g/mol. The summed E-state index contributed by atoms with van der Waals surface area (Å²) in [6.45, 7) is 6.52. The zero-order valence-corrected chi connectivity index (χ0v) is 9.89. The van der Waals surface area contributed by atoms with E-state index in [4.69, 9.17) is 11.6 Å². The van der Waals surface area contributed by atoms with E-state index in [1.165, 1.54) is 0 Å². The Balaban J connectivity index is 2.83. The fourth-order valence-electron chi connectivity index (χ4n) is 1.16. The predicted octanol–water partition coefficient (Wildman–Crippen LogP) is 2.06. The number of rotatable bonds is 3. The van der Waals surface area contributed by atoms with Crippen molar-refractivity contribution in [2.45, 2.75) is 26.8 Å². The monoisotopic (exact) mass is 233 g/mol. The SMILES string of the molecule is CCN(C(=O)c1nnc(Cl)s1)C(C)C. The lowest BCUT2D eigenvalue weighted by atomic mass is 10.3. The number of amides is 1. The van der Waals surface area contributed by atoms with Crippen molar-refractivity contribution in [3.63, 3.8) is 0 Å². The van der Waals surface area contributed by atoms with Crippen molar-refractivity contribution in [3.8, 4) is 0 Å². The van der Waals surface area contributed by atoms with Crippen LogP contribution in [0.5, 0.6) is 0 Å². The molecular formula is C8H12ClN3OS. The van der Waals surface area contributed by atoms with Gasteiger partial charge in [0.25, 0.3) is 5.91 Å². The molecule has 1 amide bonds. The quantitative estimate of drug-likeness (QED) is 0.803. The smallest absolute Gasteiger partial charge is 0.285 e. The molecule has 14 heavy (non-hydrogen) atoms. The zero-order chi connectivity index (χ0) is 10.7. The van der Waals surface area contributed by atoms with Crippen LogP contribution in [-0.2, 0) is 0 Å². The maximum atomic E-state index is 11.8. The highest BCUT2D eigenvalue weighted by molar-refractivity contribution is 7.17. The lowest BCUT2D eigenvalue weighted by Gasteiger charge is -2.23. The maximum Gasteiger partial charge on any atom is 0.285 e. The van der Waals surface area contributed by atoms with Crippen molar-refractivity contribution in [3.05, 3.63) is 9.47 Å². The minimum Gasteiger partial charge on any atom is -0.334 e. The first-order valence-electron chi connectivity index (χ1n) is 4.36. The summed E-state index contributed by atoms with van der Waals surface area (Å²) in [5, 5.41) is 7.66. The van der Waals surface area contributed by atoms with Gasteiger partial charge in [-0.15, -0.1) is 10.2 Å². The van der Waals surface area contributed by atoms with E-state index in [1.807, 2.05) is 20.8 Å². The van der Waals surface area contributed by atoms with E-state index in [0.29, 0.717) is 16.0 Å². The Morgan fingerprint density at radius 3 is 2.57 bits per heavy atom. The molecule has 6 heteroatoms. The summed E-state index contributed by atoms with van der Waals surface area (Å²) in [4.78, 5) is 13.5. The predicted molar refractivity (Wildman–Crippen MR) is 56.8 cm³/mol. The third-order valence-electron chi connectivity index (χ3n) is 1.81. The molecule has 78 valence electrons. The van der Waals surface area contributed by atoms with Gasteiger partial charge in [-0.1, -0.05) is 11.3 Å². The fourth-order valence-corrected chi connectivity index (χ4v) is 1.94. The van der Waals surface area contributed by atoms with Crippen molar-refractivity contribution < 1.29 is 4.79 Å². The van der Waals surface area contributed by atoms with Gasteiger partial charge in [-0.2, -0.15) is 0 Å². The standard InChI is InChI=1S/C8H12ClN3OS/c1-4-12(5(2)3)7(13)6-10-11-8(9)14-6/h5H,4H2,1-3H3. The highest BCUT2D eigenvalue weighted by Gasteiger charge is 2.20. The topological polar surface area (TPSA) is 46.1 Å². The number of hydrogen-bond acceptors (Lipinski definition) is 4. The molecule has 0 aliphatic heterocycles. The van der Waals surface area contributed by atoms with E-state index in [1.54, 1.807) is 4.90 Å². The lowest BCUT2D eigenvalue weighted by molar-refractivity contribution is 0.0715. The summed E-state index contributed by atoms with van der Waals surface area (Å²) in [5.41, 5.74) is 0.